The topological polar surface area (TPSA) is 75.6 Å². The summed E-state index contributed by atoms with van der Waals surface area (Å²) < 4.78 is 17.5. The van der Waals surface area contributed by atoms with Gasteiger partial charge in [0.05, 0.1) is 28.7 Å². The van der Waals surface area contributed by atoms with Crippen molar-refractivity contribution >= 4 is 32.8 Å². The van der Waals surface area contributed by atoms with Gasteiger partial charge in [-0.15, -0.1) is 0 Å². The lowest BCUT2D eigenvalue weighted by molar-refractivity contribution is 0.116. The van der Waals surface area contributed by atoms with Crippen molar-refractivity contribution in [1.82, 2.24) is 5.32 Å². The molecule has 0 radical (unpaired) electrons. The van der Waals surface area contributed by atoms with Crippen molar-refractivity contribution in [3.8, 4) is 0 Å². The van der Waals surface area contributed by atoms with E-state index in [0.717, 1.165) is 11.1 Å². The van der Waals surface area contributed by atoms with Crippen LogP contribution < -0.4 is 5.32 Å². The van der Waals surface area contributed by atoms with Crippen LogP contribution in [0, 0.1) is 6.92 Å². The van der Waals surface area contributed by atoms with Gasteiger partial charge in [-0.05, 0) is 24.6 Å². The fourth-order valence-electron chi connectivity index (χ4n) is 2.21. The molecule has 1 unspecified atom stereocenters. The fraction of sp³-hybridized carbons (Fsp3) is 0.316. The Morgan fingerprint density at radius 2 is 1.85 bits per heavy atom. The number of hydrogen-bond acceptors (Lipinski definition) is 4. The van der Waals surface area contributed by atoms with Crippen LogP contribution in [-0.4, -0.2) is 38.6 Å². The number of alkyl halides is 1. The molecule has 2 N–H and O–H groups in total. The highest BCUT2D eigenvalue weighted by molar-refractivity contribution is 9.09. The highest BCUT2D eigenvalue weighted by atomic mass is 79.9. The second-order valence-corrected chi connectivity index (χ2v) is 8.00. The third kappa shape index (κ3) is 6.55. The van der Waals surface area contributed by atoms with E-state index in [-0.39, 0.29) is 12.4 Å². The van der Waals surface area contributed by atoms with Crippen molar-refractivity contribution in [3.05, 3.63) is 65.7 Å². The lowest BCUT2D eigenvalue weighted by Gasteiger charge is -2.21. The average molecular weight is 440 g/mol. The van der Waals surface area contributed by atoms with E-state index >= 15 is 0 Å². The van der Waals surface area contributed by atoms with Crippen molar-refractivity contribution < 1.29 is 18.8 Å². The molecular weight excluding hydrogens is 418 g/mol. The molecule has 0 fully saturated rings. The summed E-state index contributed by atoms with van der Waals surface area (Å²) >= 11 is 3.27. The summed E-state index contributed by atoms with van der Waals surface area (Å²) in [7, 11) is -1.36. The van der Waals surface area contributed by atoms with E-state index in [1.807, 2.05) is 49.4 Å². The largest absolute Gasteiger partial charge is 0.445 e. The molecule has 0 saturated heterocycles. The van der Waals surface area contributed by atoms with Crippen LogP contribution in [0.5, 0.6) is 0 Å². The van der Waals surface area contributed by atoms with E-state index in [0.29, 0.717) is 10.2 Å². The van der Waals surface area contributed by atoms with Gasteiger partial charge in [0.25, 0.3) is 0 Å². The first-order valence-electron chi connectivity index (χ1n) is 8.16. The van der Waals surface area contributed by atoms with Gasteiger partial charge < -0.3 is 15.2 Å². The maximum absolute atomic E-state index is 12.4. The summed E-state index contributed by atoms with van der Waals surface area (Å²) in [5, 5.41) is 13.3. The van der Waals surface area contributed by atoms with Gasteiger partial charge in [0.15, 0.2) is 0 Å². The van der Waals surface area contributed by atoms with Gasteiger partial charge in [0, 0.05) is 10.2 Å². The maximum atomic E-state index is 12.4. The first-order valence-corrected chi connectivity index (χ1v) is 10.6. The standard InChI is InChI=1S/C19H22BrNO4S/c1-14-7-9-16(10-8-14)26(24)13-18(22)17(11-20)21-19(23)25-12-15-5-3-2-4-6-15/h2-10,17-18,22H,11-13H2,1H3,(H,21,23)/t17-,18-,26?/m1/s1. The lowest BCUT2D eigenvalue weighted by Crippen LogP contribution is -2.46. The van der Waals surface area contributed by atoms with Crippen molar-refractivity contribution in [2.75, 3.05) is 11.1 Å². The van der Waals surface area contributed by atoms with Crippen LogP contribution in [-0.2, 0) is 22.1 Å². The number of carbonyl (C=O) groups is 1. The Hall–Kier alpha value is -1.70. The van der Waals surface area contributed by atoms with Crippen molar-refractivity contribution in [2.24, 2.45) is 0 Å². The minimum absolute atomic E-state index is 0.0261. The lowest BCUT2D eigenvalue weighted by atomic mass is 10.2. The molecule has 2 aromatic carbocycles. The molecule has 0 aliphatic carbocycles. The van der Waals surface area contributed by atoms with Gasteiger partial charge in [-0.2, -0.15) is 0 Å². The number of carbonyl (C=O) groups excluding carboxylic acids is 1. The molecule has 2 rings (SSSR count). The molecular formula is C19H22BrNO4S. The third-order valence-corrected chi connectivity index (χ3v) is 5.89. The Morgan fingerprint density at radius 1 is 1.19 bits per heavy atom. The van der Waals surface area contributed by atoms with E-state index in [9.17, 15) is 14.1 Å². The molecule has 140 valence electrons. The number of aliphatic hydroxyl groups excluding tert-OH is 1. The molecule has 3 atom stereocenters. The van der Waals surface area contributed by atoms with Gasteiger partial charge in [0.1, 0.15) is 6.61 Å². The van der Waals surface area contributed by atoms with E-state index in [1.165, 1.54) is 0 Å². The number of alkyl carbamates (subject to hydrolysis) is 1. The molecule has 0 saturated carbocycles. The number of nitrogens with one attached hydrogen (secondary N) is 1. The second kappa shape index (κ2) is 10.4. The van der Waals surface area contributed by atoms with Crippen LogP contribution in [0.1, 0.15) is 11.1 Å². The van der Waals surface area contributed by atoms with Crippen molar-refractivity contribution in [3.63, 3.8) is 0 Å². The number of aryl methyl sites for hydroxylation is 1. The molecule has 0 spiro atoms. The number of rotatable bonds is 8. The van der Waals surface area contributed by atoms with E-state index < -0.39 is 29.0 Å². The molecule has 1 amide bonds. The molecule has 0 aliphatic rings. The number of ether oxygens (including phenoxy) is 1. The normalized spacial score (nSPS) is 14.3. The quantitative estimate of drug-likeness (QED) is 0.619. The zero-order valence-corrected chi connectivity index (χ0v) is 16.8. The summed E-state index contributed by atoms with van der Waals surface area (Å²) in [5.41, 5.74) is 1.95. The van der Waals surface area contributed by atoms with E-state index in [2.05, 4.69) is 21.2 Å². The Labute approximate surface area is 164 Å². The van der Waals surface area contributed by atoms with Gasteiger partial charge in [-0.25, -0.2) is 4.79 Å². The number of benzene rings is 2. The van der Waals surface area contributed by atoms with Gasteiger partial charge in [-0.1, -0.05) is 64.0 Å². The highest BCUT2D eigenvalue weighted by Gasteiger charge is 2.23. The summed E-state index contributed by atoms with van der Waals surface area (Å²) in [6.45, 7) is 2.10. The molecule has 0 heterocycles. The van der Waals surface area contributed by atoms with Crippen molar-refractivity contribution in [1.29, 1.82) is 0 Å². The monoisotopic (exact) mass is 439 g/mol. The van der Waals surface area contributed by atoms with E-state index in [4.69, 9.17) is 4.74 Å². The summed E-state index contributed by atoms with van der Waals surface area (Å²) in [4.78, 5) is 12.6. The van der Waals surface area contributed by atoms with Crippen molar-refractivity contribution in [2.45, 2.75) is 30.6 Å². The maximum Gasteiger partial charge on any atom is 0.407 e. The summed E-state index contributed by atoms with van der Waals surface area (Å²) in [6.07, 6.45) is -1.60. The zero-order chi connectivity index (χ0) is 18.9. The molecule has 0 aliphatic heterocycles. The minimum Gasteiger partial charge on any atom is -0.445 e. The highest BCUT2D eigenvalue weighted by Crippen LogP contribution is 2.11. The predicted octanol–water partition coefficient (Wildman–Crippen LogP) is 3.15. The molecule has 0 bridgehead atoms. The van der Waals surface area contributed by atoms with Crippen LogP contribution in [0.4, 0.5) is 4.79 Å². The van der Waals surface area contributed by atoms with Gasteiger partial charge in [-0.3, -0.25) is 4.21 Å². The van der Waals surface area contributed by atoms with Crippen LogP contribution in [0.15, 0.2) is 59.5 Å². The first kappa shape index (κ1) is 20.6. The van der Waals surface area contributed by atoms with Crippen LogP contribution in [0.25, 0.3) is 0 Å². The smallest absolute Gasteiger partial charge is 0.407 e. The zero-order valence-electron chi connectivity index (χ0n) is 14.4. The molecule has 26 heavy (non-hydrogen) atoms. The van der Waals surface area contributed by atoms with Gasteiger partial charge >= 0.3 is 6.09 Å². The number of aliphatic hydroxyl groups is 1. The molecule has 7 heteroatoms. The van der Waals surface area contributed by atoms with E-state index in [1.54, 1.807) is 12.1 Å². The Morgan fingerprint density at radius 3 is 2.46 bits per heavy atom. The SMILES string of the molecule is Cc1ccc(S(=O)C[C@@H](O)[C@@H](CBr)NC(=O)OCc2ccccc2)cc1. The summed E-state index contributed by atoms with van der Waals surface area (Å²) in [6, 6.07) is 16.0. The molecule has 2 aromatic rings. The molecule has 0 aromatic heterocycles. The number of amides is 1. The Kier molecular flexibility index (Phi) is 8.28. The Balaban J connectivity index is 1.85. The average Bonchev–Trinajstić information content (AvgIpc) is 2.65. The summed E-state index contributed by atoms with van der Waals surface area (Å²) in [5.74, 6) is 0.0261. The molecule has 5 nitrogen and oxygen atoms in total. The van der Waals surface area contributed by atoms with Crippen LogP contribution >= 0.6 is 15.9 Å². The Bertz CT molecular complexity index is 724. The van der Waals surface area contributed by atoms with Crippen LogP contribution in [0.3, 0.4) is 0 Å². The second-order valence-electron chi connectivity index (χ2n) is 5.86. The number of hydrogen-bond donors (Lipinski definition) is 2. The first-order chi connectivity index (χ1) is 12.5. The third-order valence-electron chi connectivity index (χ3n) is 3.75. The number of halogens is 1. The van der Waals surface area contributed by atoms with Gasteiger partial charge in [0.2, 0.25) is 0 Å². The fourth-order valence-corrected chi connectivity index (χ4v) is 3.98. The van der Waals surface area contributed by atoms with Crippen LogP contribution in [0.2, 0.25) is 0 Å². The predicted molar refractivity (Wildman–Crippen MR) is 106 cm³/mol. The minimum atomic E-state index is -1.36.